The van der Waals surface area contributed by atoms with E-state index in [9.17, 15) is 4.79 Å². The Morgan fingerprint density at radius 1 is 1.29 bits per heavy atom. The second-order valence-corrected chi connectivity index (χ2v) is 3.31. The van der Waals surface area contributed by atoms with Crippen LogP contribution in [-0.2, 0) is 9.53 Å². The van der Waals surface area contributed by atoms with Crippen LogP contribution >= 0.6 is 0 Å². The summed E-state index contributed by atoms with van der Waals surface area (Å²) in [7, 11) is 0. The van der Waals surface area contributed by atoms with Crippen molar-refractivity contribution < 1.29 is 9.53 Å². The van der Waals surface area contributed by atoms with E-state index in [1.165, 1.54) is 12.8 Å². The Morgan fingerprint density at radius 3 is 2.57 bits per heavy atom. The Hall–Kier alpha value is -0.860. The number of carbonyl (C=O) groups is 1. The molecule has 0 spiro atoms. The maximum Gasteiger partial charge on any atom is 0.311 e. The van der Waals surface area contributed by atoms with Gasteiger partial charge in [0.15, 0.2) is 0 Å². The van der Waals surface area contributed by atoms with E-state index < -0.39 is 0 Å². The number of rotatable bonds is 7. The molecule has 0 rings (SSSR count). The van der Waals surface area contributed by atoms with Gasteiger partial charge in [-0.05, 0) is 20.3 Å². The Morgan fingerprint density at radius 2 is 2.00 bits per heavy atom. The summed E-state index contributed by atoms with van der Waals surface area (Å²) in [6.45, 7) is 7.13. The van der Waals surface area contributed by atoms with Gasteiger partial charge in [0, 0.05) is 12.3 Å². The Bertz CT molecular complexity index is 188. The fourth-order valence-electron chi connectivity index (χ4n) is 1.11. The minimum absolute atomic E-state index is 0.177. The van der Waals surface area contributed by atoms with Crippen LogP contribution in [0.15, 0.2) is 4.99 Å². The third-order valence-electron chi connectivity index (χ3n) is 1.85. The predicted octanol–water partition coefficient (Wildman–Crippen LogP) is 2.59. The molecular formula is C11H21NO2. The van der Waals surface area contributed by atoms with E-state index >= 15 is 0 Å². The molecule has 0 radical (unpaired) electrons. The van der Waals surface area contributed by atoms with Crippen LogP contribution in [0.2, 0.25) is 0 Å². The van der Waals surface area contributed by atoms with Crippen molar-refractivity contribution in [2.45, 2.75) is 46.5 Å². The summed E-state index contributed by atoms with van der Waals surface area (Å²) in [5.41, 5.74) is 0.875. The first-order valence-corrected chi connectivity index (χ1v) is 5.36. The molecule has 0 aliphatic heterocycles. The summed E-state index contributed by atoms with van der Waals surface area (Å²) in [6.07, 6.45) is 3.85. The average Bonchev–Trinajstić information content (AvgIpc) is 2.13. The van der Waals surface area contributed by atoms with Gasteiger partial charge in [-0.15, -0.1) is 0 Å². The van der Waals surface area contributed by atoms with Gasteiger partial charge in [-0.1, -0.05) is 19.8 Å². The van der Waals surface area contributed by atoms with E-state index in [4.69, 9.17) is 4.74 Å². The highest BCUT2D eigenvalue weighted by Gasteiger charge is 2.02. The first-order chi connectivity index (χ1) is 6.70. The van der Waals surface area contributed by atoms with Gasteiger partial charge in [0.25, 0.3) is 0 Å². The molecular weight excluding hydrogens is 178 g/mol. The van der Waals surface area contributed by atoms with Crippen molar-refractivity contribution >= 4 is 11.7 Å². The van der Waals surface area contributed by atoms with Gasteiger partial charge < -0.3 is 4.74 Å². The number of hydrogen-bond acceptors (Lipinski definition) is 3. The van der Waals surface area contributed by atoms with Crippen LogP contribution in [0.3, 0.4) is 0 Å². The largest absolute Gasteiger partial charge is 0.466 e. The van der Waals surface area contributed by atoms with E-state index in [2.05, 4.69) is 11.9 Å². The molecule has 0 aromatic heterocycles. The highest BCUT2D eigenvalue weighted by molar-refractivity contribution is 5.97. The SMILES string of the molecule is CCCCC/N=C(/C)CC(=O)OCC. The molecule has 3 heteroatoms. The van der Waals surface area contributed by atoms with Crippen molar-refractivity contribution in [2.75, 3.05) is 13.2 Å². The van der Waals surface area contributed by atoms with Crippen LogP contribution in [0.1, 0.15) is 46.5 Å². The fraction of sp³-hybridized carbons (Fsp3) is 0.818. The summed E-state index contributed by atoms with van der Waals surface area (Å²) in [4.78, 5) is 15.3. The van der Waals surface area contributed by atoms with Crippen LogP contribution in [0, 0.1) is 0 Å². The molecule has 0 unspecified atom stereocenters. The van der Waals surface area contributed by atoms with E-state index in [-0.39, 0.29) is 5.97 Å². The summed E-state index contributed by atoms with van der Waals surface area (Å²) in [6, 6.07) is 0. The molecule has 0 aromatic carbocycles. The molecule has 0 atom stereocenters. The molecule has 0 aliphatic carbocycles. The maximum absolute atomic E-state index is 11.0. The summed E-state index contributed by atoms with van der Waals surface area (Å²) in [5, 5.41) is 0. The smallest absolute Gasteiger partial charge is 0.311 e. The molecule has 0 fully saturated rings. The molecule has 0 saturated carbocycles. The van der Waals surface area contributed by atoms with Crippen LogP contribution in [0.5, 0.6) is 0 Å². The Balaban J connectivity index is 3.60. The molecule has 0 N–H and O–H groups in total. The minimum Gasteiger partial charge on any atom is -0.466 e. The van der Waals surface area contributed by atoms with Crippen molar-refractivity contribution in [2.24, 2.45) is 4.99 Å². The zero-order valence-corrected chi connectivity index (χ0v) is 9.51. The Labute approximate surface area is 86.6 Å². The van der Waals surface area contributed by atoms with Crippen LogP contribution < -0.4 is 0 Å². The maximum atomic E-state index is 11.0. The average molecular weight is 199 g/mol. The van der Waals surface area contributed by atoms with Crippen LogP contribution in [0.25, 0.3) is 0 Å². The van der Waals surface area contributed by atoms with E-state index in [1.54, 1.807) is 0 Å². The lowest BCUT2D eigenvalue weighted by Crippen LogP contribution is -2.09. The monoisotopic (exact) mass is 199 g/mol. The lowest BCUT2D eigenvalue weighted by molar-refractivity contribution is -0.141. The quantitative estimate of drug-likeness (QED) is 0.359. The molecule has 0 aromatic rings. The Kier molecular flexibility index (Phi) is 8.19. The first-order valence-electron chi connectivity index (χ1n) is 5.36. The summed E-state index contributed by atoms with van der Waals surface area (Å²) in [5.74, 6) is -0.177. The summed E-state index contributed by atoms with van der Waals surface area (Å²) >= 11 is 0. The van der Waals surface area contributed by atoms with Crippen molar-refractivity contribution in [3.8, 4) is 0 Å². The van der Waals surface area contributed by atoms with Gasteiger partial charge in [0.05, 0.1) is 13.0 Å². The highest BCUT2D eigenvalue weighted by atomic mass is 16.5. The zero-order chi connectivity index (χ0) is 10.8. The molecule has 0 aliphatic rings. The second kappa shape index (κ2) is 8.73. The zero-order valence-electron chi connectivity index (χ0n) is 9.51. The van der Waals surface area contributed by atoms with Crippen LogP contribution in [-0.4, -0.2) is 24.8 Å². The third kappa shape index (κ3) is 7.77. The van der Waals surface area contributed by atoms with E-state index in [0.717, 1.165) is 18.7 Å². The van der Waals surface area contributed by atoms with Gasteiger partial charge in [-0.25, -0.2) is 0 Å². The number of nitrogens with zero attached hydrogens (tertiary/aromatic N) is 1. The van der Waals surface area contributed by atoms with Crippen molar-refractivity contribution in [3.05, 3.63) is 0 Å². The van der Waals surface area contributed by atoms with Gasteiger partial charge in [0.2, 0.25) is 0 Å². The lowest BCUT2D eigenvalue weighted by atomic mass is 10.2. The lowest BCUT2D eigenvalue weighted by Gasteiger charge is -2.01. The van der Waals surface area contributed by atoms with Crippen molar-refractivity contribution in [1.29, 1.82) is 0 Å². The molecule has 3 nitrogen and oxygen atoms in total. The number of aliphatic imine (C=N–C) groups is 1. The highest BCUT2D eigenvalue weighted by Crippen LogP contribution is 1.96. The van der Waals surface area contributed by atoms with E-state index in [0.29, 0.717) is 13.0 Å². The number of esters is 1. The molecule has 0 saturated heterocycles. The van der Waals surface area contributed by atoms with Gasteiger partial charge in [-0.2, -0.15) is 0 Å². The molecule has 0 heterocycles. The predicted molar refractivity (Wildman–Crippen MR) is 58.8 cm³/mol. The third-order valence-corrected chi connectivity index (χ3v) is 1.85. The van der Waals surface area contributed by atoms with Crippen molar-refractivity contribution in [3.63, 3.8) is 0 Å². The normalized spacial score (nSPS) is 11.5. The van der Waals surface area contributed by atoms with Gasteiger partial charge >= 0.3 is 5.97 Å². The number of carbonyl (C=O) groups excluding carboxylic acids is 1. The minimum atomic E-state index is -0.177. The molecule has 14 heavy (non-hydrogen) atoms. The topological polar surface area (TPSA) is 38.7 Å². The van der Waals surface area contributed by atoms with Gasteiger partial charge in [-0.3, -0.25) is 9.79 Å². The number of unbranched alkanes of at least 4 members (excludes halogenated alkanes) is 2. The summed E-state index contributed by atoms with van der Waals surface area (Å²) < 4.78 is 4.82. The molecule has 0 bridgehead atoms. The number of ether oxygens (including phenoxy) is 1. The van der Waals surface area contributed by atoms with Crippen LogP contribution in [0.4, 0.5) is 0 Å². The number of hydrogen-bond donors (Lipinski definition) is 0. The second-order valence-electron chi connectivity index (χ2n) is 3.31. The van der Waals surface area contributed by atoms with Gasteiger partial charge in [0.1, 0.15) is 0 Å². The van der Waals surface area contributed by atoms with Crippen molar-refractivity contribution in [1.82, 2.24) is 0 Å². The van der Waals surface area contributed by atoms with E-state index in [1.807, 2.05) is 13.8 Å². The molecule has 82 valence electrons. The molecule has 0 amide bonds. The first kappa shape index (κ1) is 13.1. The standard InChI is InChI=1S/C11H21NO2/c1-4-6-7-8-12-10(3)9-11(13)14-5-2/h4-9H2,1-3H3/b12-10-. The fourth-order valence-corrected chi connectivity index (χ4v) is 1.11.